The Hall–Kier alpha value is -1.66. The number of hydrogen-bond donors (Lipinski definition) is 1. The zero-order valence-corrected chi connectivity index (χ0v) is 14.8. The summed E-state index contributed by atoms with van der Waals surface area (Å²) in [7, 11) is 0. The first-order valence-corrected chi connectivity index (χ1v) is 7.95. The van der Waals surface area contributed by atoms with Crippen molar-refractivity contribution in [2.75, 3.05) is 19.6 Å². The van der Waals surface area contributed by atoms with E-state index in [0.29, 0.717) is 19.5 Å². The van der Waals surface area contributed by atoms with Crippen molar-refractivity contribution in [3.8, 4) is 0 Å². The van der Waals surface area contributed by atoms with Gasteiger partial charge in [-0.05, 0) is 50.9 Å². The molecule has 134 valence electrons. The summed E-state index contributed by atoms with van der Waals surface area (Å²) >= 11 is 0. The van der Waals surface area contributed by atoms with Gasteiger partial charge in [0.2, 0.25) is 5.91 Å². The van der Waals surface area contributed by atoms with Crippen molar-refractivity contribution in [2.45, 2.75) is 38.8 Å². The molecule has 24 heavy (non-hydrogen) atoms. The van der Waals surface area contributed by atoms with Gasteiger partial charge >= 0.3 is 5.97 Å². The molecule has 1 N–H and O–H groups in total. The molecule has 1 aromatic carbocycles. The number of likely N-dealkylation sites (tertiary alicyclic amines) is 1. The molecule has 1 saturated heterocycles. The highest BCUT2D eigenvalue weighted by molar-refractivity contribution is 5.85. The van der Waals surface area contributed by atoms with Crippen molar-refractivity contribution in [1.29, 1.82) is 0 Å². The van der Waals surface area contributed by atoms with Crippen molar-refractivity contribution in [3.05, 3.63) is 35.6 Å². The number of rotatable bonds is 6. The lowest BCUT2D eigenvalue weighted by molar-refractivity contribution is -0.143. The van der Waals surface area contributed by atoms with Gasteiger partial charge < -0.3 is 10.0 Å². The van der Waals surface area contributed by atoms with E-state index in [4.69, 9.17) is 0 Å². The Morgan fingerprint density at radius 3 is 2.54 bits per heavy atom. The lowest BCUT2D eigenvalue weighted by Crippen LogP contribution is -2.45. The van der Waals surface area contributed by atoms with Gasteiger partial charge in [0.25, 0.3) is 0 Å². The van der Waals surface area contributed by atoms with Gasteiger partial charge in [-0.25, -0.2) is 4.39 Å². The van der Waals surface area contributed by atoms with Gasteiger partial charge in [-0.1, -0.05) is 12.1 Å². The van der Waals surface area contributed by atoms with Gasteiger partial charge in [-0.3, -0.25) is 14.5 Å². The van der Waals surface area contributed by atoms with Crippen LogP contribution in [0.2, 0.25) is 0 Å². The average molecular weight is 359 g/mol. The molecule has 7 heteroatoms. The van der Waals surface area contributed by atoms with Crippen LogP contribution in [0.15, 0.2) is 24.3 Å². The molecule has 0 bridgehead atoms. The Morgan fingerprint density at radius 1 is 1.38 bits per heavy atom. The van der Waals surface area contributed by atoms with E-state index >= 15 is 0 Å². The molecule has 0 aliphatic carbocycles. The average Bonchev–Trinajstić information content (AvgIpc) is 2.96. The third-order valence-corrected chi connectivity index (χ3v) is 4.47. The normalized spacial score (nSPS) is 18.7. The van der Waals surface area contributed by atoms with Gasteiger partial charge in [0, 0.05) is 6.54 Å². The Bertz CT molecular complexity index is 567. The second-order valence-electron chi connectivity index (χ2n) is 5.87. The fourth-order valence-electron chi connectivity index (χ4n) is 3.15. The van der Waals surface area contributed by atoms with E-state index in [2.05, 4.69) is 0 Å². The van der Waals surface area contributed by atoms with Crippen molar-refractivity contribution in [2.24, 2.45) is 0 Å². The van der Waals surface area contributed by atoms with Gasteiger partial charge in [0.15, 0.2) is 0 Å². The van der Waals surface area contributed by atoms with Crippen LogP contribution >= 0.6 is 12.4 Å². The topological polar surface area (TPSA) is 60.9 Å². The van der Waals surface area contributed by atoms with E-state index in [0.717, 1.165) is 12.0 Å². The second-order valence-corrected chi connectivity index (χ2v) is 5.87. The molecule has 0 aromatic heterocycles. The number of hydrogen-bond acceptors (Lipinski definition) is 3. The highest BCUT2D eigenvalue weighted by Crippen LogP contribution is 2.22. The molecule has 5 nitrogen and oxygen atoms in total. The first kappa shape index (κ1) is 20.4. The molecule has 0 spiro atoms. The minimum absolute atomic E-state index is 0. The molecular weight excluding hydrogens is 335 g/mol. The number of amides is 1. The molecule has 1 aliphatic rings. The Morgan fingerprint density at radius 2 is 2.00 bits per heavy atom. The molecule has 1 heterocycles. The van der Waals surface area contributed by atoms with Crippen LogP contribution in [0.1, 0.15) is 38.3 Å². The summed E-state index contributed by atoms with van der Waals surface area (Å²) in [6.07, 6.45) is 1.38. The standard InChI is InChI=1S/C17H23FN2O3.ClH/c1-3-20(12(2)13-6-8-14(18)9-7-13)16(21)11-19-10-4-5-15(19)17(22)23;/h6-9,12,15H,3-5,10-11H2,1-2H3,(H,22,23);1H. The molecule has 1 aliphatic heterocycles. The zero-order chi connectivity index (χ0) is 17.0. The molecule has 1 aromatic rings. The Labute approximate surface area is 147 Å². The van der Waals surface area contributed by atoms with Crippen LogP contribution in [0.3, 0.4) is 0 Å². The Balaban J connectivity index is 0.00000288. The van der Waals surface area contributed by atoms with Crippen LogP contribution in [0.5, 0.6) is 0 Å². The molecule has 1 fully saturated rings. The van der Waals surface area contributed by atoms with Crippen LogP contribution in [0.4, 0.5) is 4.39 Å². The predicted octanol–water partition coefficient (Wildman–Crippen LogP) is 2.71. The molecule has 1 amide bonds. The number of benzene rings is 1. The van der Waals surface area contributed by atoms with E-state index in [1.165, 1.54) is 12.1 Å². The van der Waals surface area contributed by atoms with Crippen LogP contribution < -0.4 is 0 Å². The summed E-state index contributed by atoms with van der Waals surface area (Å²) < 4.78 is 13.0. The minimum atomic E-state index is -0.870. The SMILES string of the molecule is CCN(C(=O)CN1CCCC1C(=O)O)C(C)c1ccc(F)cc1.Cl. The molecule has 0 radical (unpaired) electrons. The molecule has 2 unspecified atom stereocenters. The fraction of sp³-hybridized carbons (Fsp3) is 0.529. The summed E-state index contributed by atoms with van der Waals surface area (Å²) in [5.41, 5.74) is 0.859. The fourth-order valence-corrected chi connectivity index (χ4v) is 3.15. The number of aliphatic carboxylic acids is 1. The van der Waals surface area contributed by atoms with Crippen molar-refractivity contribution in [1.82, 2.24) is 9.80 Å². The van der Waals surface area contributed by atoms with Gasteiger partial charge in [-0.2, -0.15) is 0 Å². The quantitative estimate of drug-likeness (QED) is 0.849. The Kier molecular flexibility index (Phi) is 7.63. The van der Waals surface area contributed by atoms with E-state index in [9.17, 15) is 19.1 Å². The number of carboxylic acids is 1. The van der Waals surface area contributed by atoms with Crippen molar-refractivity contribution >= 4 is 24.3 Å². The van der Waals surface area contributed by atoms with E-state index < -0.39 is 12.0 Å². The van der Waals surface area contributed by atoms with Crippen molar-refractivity contribution in [3.63, 3.8) is 0 Å². The molecular formula is C17H24ClFN2O3. The summed E-state index contributed by atoms with van der Waals surface area (Å²) in [4.78, 5) is 27.2. The minimum Gasteiger partial charge on any atom is -0.480 e. The summed E-state index contributed by atoms with van der Waals surface area (Å²) in [6.45, 7) is 5.04. The monoisotopic (exact) mass is 358 g/mol. The highest BCUT2D eigenvalue weighted by atomic mass is 35.5. The first-order valence-electron chi connectivity index (χ1n) is 7.95. The summed E-state index contributed by atoms with van der Waals surface area (Å²) in [6, 6.07) is 5.35. The van der Waals surface area contributed by atoms with Crippen molar-refractivity contribution < 1.29 is 19.1 Å². The van der Waals surface area contributed by atoms with Gasteiger partial charge in [-0.15, -0.1) is 12.4 Å². The molecule has 0 saturated carbocycles. The lowest BCUT2D eigenvalue weighted by Gasteiger charge is -2.31. The largest absolute Gasteiger partial charge is 0.480 e. The first-order chi connectivity index (χ1) is 10.9. The van der Waals surface area contributed by atoms with Crippen LogP contribution in [-0.2, 0) is 9.59 Å². The van der Waals surface area contributed by atoms with Crippen LogP contribution in [-0.4, -0.2) is 52.5 Å². The van der Waals surface area contributed by atoms with E-state index in [1.54, 1.807) is 21.9 Å². The summed E-state index contributed by atoms with van der Waals surface area (Å²) in [5.74, 6) is -1.28. The van der Waals surface area contributed by atoms with E-state index in [1.807, 2.05) is 13.8 Å². The maximum atomic E-state index is 13.0. The van der Waals surface area contributed by atoms with Crippen LogP contribution in [0, 0.1) is 5.82 Å². The zero-order valence-electron chi connectivity index (χ0n) is 13.9. The summed E-state index contributed by atoms with van der Waals surface area (Å²) in [5, 5.41) is 9.20. The molecule has 2 rings (SSSR count). The maximum absolute atomic E-state index is 13.0. The van der Waals surface area contributed by atoms with Gasteiger partial charge in [0.05, 0.1) is 12.6 Å². The number of carbonyl (C=O) groups excluding carboxylic acids is 1. The smallest absolute Gasteiger partial charge is 0.320 e. The number of halogens is 2. The number of carboxylic acid groups (broad SMARTS) is 1. The molecule has 2 atom stereocenters. The second kappa shape index (κ2) is 8.99. The highest BCUT2D eigenvalue weighted by Gasteiger charge is 2.33. The third kappa shape index (κ3) is 4.68. The number of carbonyl (C=O) groups is 2. The van der Waals surface area contributed by atoms with Crippen LogP contribution in [0.25, 0.3) is 0 Å². The lowest BCUT2D eigenvalue weighted by atomic mass is 10.1. The maximum Gasteiger partial charge on any atom is 0.320 e. The third-order valence-electron chi connectivity index (χ3n) is 4.47. The predicted molar refractivity (Wildman–Crippen MR) is 91.7 cm³/mol. The van der Waals surface area contributed by atoms with E-state index in [-0.39, 0.29) is 36.7 Å². The van der Waals surface area contributed by atoms with Gasteiger partial charge in [0.1, 0.15) is 11.9 Å². The number of likely N-dealkylation sites (N-methyl/N-ethyl adjacent to an activating group) is 1. The number of nitrogens with zero attached hydrogens (tertiary/aromatic N) is 2.